The Morgan fingerprint density at radius 2 is 2.00 bits per heavy atom. The third-order valence-electron chi connectivity index (χ3n) is 4.77. The van der Waals surface area contributed by atoms with Crippen LogP contribution in [0.15, 0.2) is 28.8 Å². The van der Waals surface area contributed by atoms with Crippen molar-refractivity contribution in [3.8, 4) is 5.75 Å². The van der Waals surface area contributed by atoms with Crippen molar-refractivity contribution in [3.63, 3.8) is 0 Å². The number of hydrogen-bond acceptors (Lipinski definition) is 5. The van der Waals surface area contributed by atoms with E-state index in [1.165, 1.54) is 6.42 Å². The highest BCUT2D eigenvalue weighted by atomic mass is 16.5. The average molecular weight is 371 g/mol. The zero-order valence-corrected chi connectivity index (χ0v) is 15.8. The molecule has 0 bridgehead atoms. The number of carbonyl (C=O) groups excluding carboxylic acids is 2. The molecule has 0 unspecified atom stereocenters. The van der Waals surface area contributed by atoms with Gasteiger partial charge in [-0.25, -0.2) is 0 Å². The van der Waals surface area contributed by atoms with Gasteiger partial charge in [0, 0.05) is 30.8 Å². The minimum Gasteiger partial charge on any atom is -0.484 e. The van der Waals surface area contributed by atoms with Crippen LogP contribution in [-0.2, 0) is 11.3 Å². The number of amides is 2. The summed E-state index contributed by atoms with van der Waals surface area (Å²) in [7, 11) is 0. The average Bonchev–Trinajstić information content (AvgIpc) is 3.02. The third-order valence-corrected chi connectivity index (χ3v) is 4.77. The summed E-state index contributed by atoms with van der Waals surface area (Å²) in [6.45, 7) is 5.59. The summed E-state index contributed by atoms with van der Waals surface area (Å²) < 4.78 is 10.7. The molecule has 1 fully saturated rings. The molecular weight excluding hydrogens is 346 g/mol. The summed E-state index contributed by atoms with van der Waals surface area (Å²) >= 11 is 0. The van der Waals surface area contributed by atoms with Gasteiger partial charge in [-0.05, 0) is 51.3 Å². The second-order valence-electron chi connectivity index (χ2n) is 6.74. The fourth-order valence-corrected chi connectivity index (χ4v) is 3.13. The number of nitrogens with zero attached hydrogens (tertiary/aromatic N) is 2. The van der Waals surface area contributed by atoms with Crippen LogP contribution in [-0.4, -0.2) is 41.6 Å². The monoisotopic (exact) mass is 371 g/mol. The van der Waals surface area contributed by atoms with Crippen molar-refractivity contribution < 1.29 is 18.8 Å². The normalized spacial score (nSPS) is 14.1. The molecule has 27 heavy (non-hydrogen) atoms. The number of nitrogens with one attached hydrogen (secondary N) is 1. The number of ether oxygens (including phenoxy) is 1. The molecule has 1 aromatic carbocycles. The molecule has 1 aromatic heterocycles. The predicted octanol–water partition coefficient (Wildman–Crippen LogP) is 2.61. The SMILES string of the molecule is Cc1noc(C)c1CNC(=O)c1cccc(OCC(=O)N2CCCCC2)c1. The van der Waals surface area contributed by atoms with Crippen molar-refractivity contribution in [3.05, 3.63) is 46.8 Å². The Morgan fingerprint density at radius 3 is 2.70 bits per heavy atom. The van der Waals surface area contributed by atoms with Gasteiger partial charge in [-0.15, -0.1) is 0 Å². The molecule has 7 nitrogen and oxygen atoms in total. The van der Waals surface area contributed by atoms with E-state index in [0.29, 0.717) is 23.6 Å². The van der Waals surface area contributed by atoms with Crippen LogP contribution in [0.4, 0.5) is 0 Å². The van der Waals surface area contributed by atoms with Crippen LogP contribution < -0.4 is 10.1 Å². The van der Waals surface area contributed by atoms with E-state index in [-0.39, 0.29) is 18.4 Å². The lowest BCUT2D eigenvalue weighted by atomic mass is 10.1. The quantitative estimate of drug-likeness (QED) is 0.844. The lowest BCUT2D eigenvalue weighted by molar-refractivity contribution is -0.134. The van der Waals surface area contributed by atoms with E-state index in [9.17, 15) is 9.59 Å². The fraction of sp³-hybridized carbons (Fsp3) is 0.450. The lowest BCUT2D eigenvalue weighted by Crippen LogP contribution is -2.38. The standard InChI is InChI=1S/C20H25N3O4/c1-14-18(15(2)27-22-14)12-21-20(25)16-7-6-8-17(11-16)26-13-19(24)23-9-4-3-5-10-23/h6-8,11H,3-5,9-10,12-13H2,1-2H3,(H,21,25). The number of benzene rings is 1. The smallest absolute Gasteiger partial charge is 0.260 e. The fourth-order valence-electron chi connectivity index (χ4n) is 3.13. The Hall–Kier alpha value is -2.83. The van der Waals surface area contributed by atoms with Crippen LogP contribution >= 0.6 is 0 Å². The largest absolute Gasteiger partial charge is 0.484 e. The molecular formula is C20H25N3O4. The van der Waals surface area contributed by atoms with E-state index >= 15 is 0 Å². The molecule has 7 heteroatoms. The lowest BCUT2D eigenvalue weighted by Gasteiger charge is -2.26. The van der Waals surface area contributed by atoms with Gasteiger partial charge in [0.2, 0.25) is 0 Å². The zero-order chi connectivity index (χ0) is 19.2. The Kier molecular flexibility index (Phi) is 6.11. The molecule has 0 aliphatic carbocycles. The van der Waals surface area contributed by atoms with Gasteiger partial charge in [0.05, 0.1) is 5.69 Å². The summed E-state index contributed by atoms with van der Waals surface area (Å²) in [6.07, 6.45) is 3.27. The Bertz CT molecular complexity index is 790. The van der Waals surface area contributed by atoms with Crippen LogP contribution in [0.2, 0.25) is 0 Å². The van der Waals surface area contributed by atoms with Crippen molar-refractivity contribution in [1.29, 1.82) is 0 Å². The first-order valence-electron chi connectivity index (χ1n) is 9.25. The molecule has 0 spiro atoms. The second-order valence-corrected chi connectivity index (χ2v) is 6.74. The zero-order valence-electron chi connectivity index (χ0n) is 15.8. The molecule has 1 aliphatic heterocycles. The van der Waals surface area contributed by atoms with Gasteiger partial charge in [-0.3, -0.25) is 9.59 Å². The van der Waals surface area contributed by atoms with Crippen LogP contribution in [0.25, 0.3) is 0 Å². The molecule has 2 heterocycles. The molecule has 144 valence electrons. The Morgan fingerprint density at radius 1 is 1.22 bits per heavy atom. The van der Waals surface area contributed by atoms with Gasteiger partial charge in [-0.1, -0.05) is 11.2 Å². The molecule has 3 rings (SSSR count). The number of aromatic nitrogens is 1. The van der Waals surface area contributed by atoms with Gasteiger partial charge >= 0.3 is 0 Å². The topological polar surface area (TPSA) is 84.7 Å². The van der Waals surface area contributed by atoms with Crippen LogP contribution in [0.5, 0.6) is 5.75 Å². The van der Waals surface area contributed by atoms with Crippen LogP contribution in [0.1, 0.15) is 46.6 Å². The maximum Gasteiger partial charge on any atom is 0.260 e. The highest BCUT2D eigenvalue weighted by Crippen LogP contribution is 2.16. The number of hydrogen-bond donors (Lipinski definition) is 1. The van der Waals surface area contributed by atoms with Gasteiger partial charge in [0.15, 0.2) is 6.61 Å². The number of rotatable bonds is 6. The minimum absolute atomic E-state index is 0.00977. The first-order chi connectivity index (χ1) is 13.0. The molecule has 0 radical (unpaired) electrons. The number of carbonyl (C=O) groups is 2. The first kappa shape index (κ1) is 18.9. The molecule has 1 N–H and O–H groups in total. The summed E-state index contributed by atoms with van der Waals surface area (Å²) in [5.74, 6) is 0.970. The van der Waals surface area contributed by atoms with Gasteiger partial charge < -0.3 is 19.5 Å². The Labute approximate surface area is 158 Å². The van der Waals surface area contributed by atoms with Crippen molar-refractivity contribution in [1.82, 2.24) is 15.4 Å². The van der Waals surface area contributed by atoms with E-state index in [4.69, 9.17) is 9.26 Å². The van der Waals surface area contributed by atoms with Crippen molar-refractivity contribution in [2.24, 2.45) is 0 Å². The van der Waals surface area contributed by atoms with E-state index in [0.717, 1.165) is 37.2 Å². The highest BCUT2D eigenvalue weighted by Gasteiger charge is 2.17. The van der Waals surface area contributed by atoms with E-state index in [2.05, 4.69) is 10.5 Å². The third kappa shape index (κ3) is 4.87. The summed E-state index contributed by atoms with van der Waals surface area (Å²) in [6, 6.07) is 6.84. The summed E-state index contributed by atoms with van der Waals surface area (Å²) in [5, 5.41) is 6.74. The van der Waals surface area contributed by atoms with E-state index in [1.54, 1.807) is 24.3 Å². The number of aryl methyl sites for hydroxylation is 2. The minimum atomic E-state index is -0.220. The molecule has 0 atom stereocenters. The molecule has 0 saturated carbocycles. The van der Waals surface area contributed by atoms with E-state index < -0.39 is 0 Å². The second kappa shape index (κ2) is 8.70. The van der Waals surface area contributed by atoms with Gasteiger partial charge in [-0.2, -0.15) is 0 Å². The summed E-state index contributed by atoms with van der Waals surface area (Å²) in [5.41, 5.74) is 2.12. The highest BCUT2D eigenvalue weighted by molar-refractivity contribution is 5.94. The maximum absolute atomic E-state index is 12.4. The summed E-state index contributed by atoms with van der Waals surface area (Å²) in [4.78, 5) is 26.4. The van der Waals surface area contributed by atoms with Crippen LogP contribution in [0, 0.1) is 13.8 Å². The number of likely N-dealkylation sites (tertiary alicyclic amines) is 1. The van der Waals surface area contributed by atoms with Gasteiger partial charge in [0.25, 0.3) is 11.8 Å². The molecule has 1 aliphatic rings. The first-order valence-corrected chi connectivity index (χ1v) is 9.25. The van der Waals surface area contributed by atoms with Crippen LogP contribution in [0.3, 0.4) is 0 Å². The Balaban J connectivity index is 1.54. The van der Waals surface area contributed by atoms with Crippen molar-refractivity contribution >= 4 is 11.8 Å². The number of piperidine rings is 1. The van der Waals surface area contributed by atoms with Gasteiger partial charge in [0.1, 0.15) is 11.5 Å². The van der Waals surface area contributed by atoms with E-state index in [1.807, 2.05) is 18.7 Å². The maximum atomic E-state index is 12.4. The molecule has 1 saturated heterocycles. The predicted molar refractivity (Wildman–Crippen MR) is 99.5 cm³/mol. The van der Waals surface area contributed by atoms with Crippen molar-refractivity contribution in [2.45, 2.75) is 39.7 Å². The molecule has 2 amide bonds. The molecule has 2 aromatic rings. The van der Waals surface area contributed by atoms with Crippen molar-refractivity contribution in [2.75, 3.05) is 19.7 Å².